The summed E-state index contributed by atoms with van der Waals surface area (Å²) in [4.78, 5) is 14.8. The van der Waals surface area contributed by atoms with Crippen LogP contribution in [0.4, 0.5) is 0 Å². The highest BCUT2D eigenvalue weighted by Crippen LogP contribution is 2.35. The van der Waals surface area contributed by atoms with Gasteiger partial charge in [-0.15, -0.1) is 0 Å². The van der Waals surface area contributed by atoms with Gasteiger partial charge in [-0.25, -0.2) is 9.78 Å². The minimum atomic E-state index is -1.15. The number of aromatic carboxylic acids is 1. The van der Waals surface area contributed by atoms with E-state index in [0.717, 1.165) is 0 Å². The van der Waals surface area contributed by atoms with E-state index in [1.165, 1.54) is 0 Å². The van der Waals surface area contributed by atoms with E-state index < -0.39 is 5.97 Å². The summed E-state index contributed by atoms with van der Waals surface area (Å²) in [5.41, 5.74) is 0.321. The van der Waals surface area contributed by atoms with Crippen LogP contribution < -0.4 is 14.2 Å². The summed E-state index contributed by atoms with van der Waals surface area (Å²) in [5, 5.41) is 8.87. The van der Waals surface area contributed by atoms with E-state index in [4.69, 9.17) is 23.7 Å². The van der Waals surface area contributed by atoms with Crippen molar-refractivity contribution in [2.75, 3.05) is 6.79 Å². The van der Waals surface area contributed by atoms with Gasteiger partial charge in [-0.05, 0) is 19.1 Å². The molecule has 0 spiro atoms. The first-order chi connectivity index (χ1) is 9.63. The van der Waals surface area contributed by atoms with Gasteiger partial charge in [0.05, 0.1) is 5.69 Å². The smallest absolute Gasteiger partial charge is 0.373 e. The average Bonchev–Trinajstić information content (AvgIpc) is 3.01. The first-order valence-corrected chi connectivity index (χ1v) is 5.85. The van der Waals surface area contributed by atoms with Crippen molar-refractivity contribution in [1.82, 2.24) is 4.98 Å². The number of carboxylic acid groups (broad SMARTS) is 1. The average molecular weight is 277 g/mol. The Hall–Kier alpha value is -2.70. The lowest BCUT2D eigenvalue weighted by Gasteiger charge is -2.04. The summed E-state index contributed by atoms with van der Waals surface area (Å²) in [6.07, 6.45) is 0. The molecule has 104 valence electrons. The molecule has 0 saturated carbocycles. The zero-order valence-corrected chi connectivity index (χ0v) is 10.6. The predicted molar refractivity (Wildman–Crippen MR) is 65.1 cm³/mol. The van der Waals surface area contributed by atoms with Crippen molar-refractivity contribution >= 4 is 5.97 Å². The van der Waals surface area contributed by atoms with Gasteiger partial charge in [0.25, 0.3) is 0 Å². The molecule has 1 aromatic heterocycles. The number of hydrogen-bond donors (Lipinski definition) is 1. The van der Waals surface area contributed by atoms with Crippen LogP contribution in [0, 0.1) is 6.92 Å². The summed E-state index contributed by atoms with van der Waals surface area (Å²) < 4.78 is 21.0. The first-order valence-electron chi connectivity index (χ1n) is 5.85. The molecule has 7 nitrogen and oxygen atoms in total. The maximum atomic E-state index is 10.8. The fourth-order valence-corrected chi connectivity index (χ4v) is 1.82. The lowest BCUT2D eigenvalue weighted by molar-refractivity contribution is 0.0657. The highest BCUT2D eigenvalue weighted by molar-refractivity contribution is 5.85. The van der Waals surface area contributed by atoms with Gasteiger partial charge in [-0.1, -0.05) is 0 Å². The number of fused-ring (bicyclic) bond motifs is 1. The van der Waals surface area contributed by atoms with Crippen LogP contribution in [-0.2, 0) is 6.61 Å². The maximum absolute atomic E-state index is 10.8. The van der Waals surface area contributed by atoms with Gasteiger partial charge in [0.2, 0.25) is 18.4 Å². The van der Waals surface area contributed by atoms with Crippen molar-refractivity contribution in [1.29, 1.82) is 0 Å². The molecule has 1 aliphatic heterocycles. The van der Waals surface area contributed by atoms with Crippen LogP contribution in [-0.4, -0.2) is 22.9 Å². The topological polar surface area (TPSA) is 91.0 Å². The van der Waals surface area contributed by atoms with E-state index in [1.807, 2.05) is 0 Å². The van der Waals surface area contributed by atoms with E-state index in [2.05, 4.69) is 4.98 Å². The molecule has 0 aliphatic carbocycles. The highest BCUT2D eigenvalue weighted by atomic mass is 16.7. The van der Waals surface area contributed by atoms with E-state index in [1.54, 1.807) is 25.1 Å². The number of aromatic nitrogens is 1. The molecule has 1 aliphatic rings. The van der Waals surface area contributed by atoms with E-state index >= 15 is 0 Å². The predicted octanol–water partition coefficient (Wildman–Crippen LogP) is 1.99. The molecule has 0 amide bonds. The molecule has 1 N–H and O–H groups in total. The third-order valence-corrected chi connectivity index (χ3v) is 2.74. The SMILES string of the molecule is Cc1nc(COc2ccc3c(c2)OCO3)oc1C(=O)O. The standard InChI is InChI=1S/C13H11NO6/c1-7-12(13(15)16)20-11(14-7)5-17-8-2-3-9-10(4-8)19-6-18-9/h2-4H,5-6H2,1H3,(H,15,16). The Morgan fingerprint density at radius 1 is 1.40 bits per heavy atom. The molecule has 2 heterocycles. The second-order valence-corrected chi connectivity index (χ2v) is 4.13. The van der Waals surface area contributed by atoms with Crippen molar-refractivity contribution in [2.24, 2.45) is 0 Å². The molecule has 0 saturated heterocycles. The van der Waals surface area contributed by atoms with Crippen molar-refractivity contribution in [3.05, 3.63) is 35.5 Å². The number of carbonyl (C=O) groups is 1. The van der Waals surface area contributed by atoms with Crippen molar-refractivity contribution in [3.63, 3.8) is 0 Å². The van der Waals surface area contributed by atoms with E-state index in [9.17, 15) is 4.79 Å². The molecular weight excluding hydrogens is 266 g/mol. The molecule has 0 atom stereocenters. The van der Waals surface area contributed by atoms with Gasteiger partial charge >= 0.3 is 5.97 Å². The van der Waals surface area contributed by atoms with Crippen LogP contribution >= 0.6 is 0 Å². The summed E-state index contributed by atoms with van der Waals surface area (Å²) in [5.74, 6) is 0.716. The van der Waals surface area contributed by atoms with Crippen molar-refractivity contribution in [3.8, 4) is 17.2 Å². The number of ether oxygens (including phenoxy) is 3. The lowest BCUT2D eigenvalue weighted by Crippen LogP contribution is -1.96. The largest absolute Gasteiger partial charge is 0.484 e. The third kappa shape index (κ3) is 2.25. The second-order valence-electron chi connectivity index (χ2n) is 4.13. The zero-order valence-electron chi connectivity index (χ0n) is 10.6. The summed E-state index contributed by atoms with van der Waals surface area (Å²) in [6.45, 7) is 1.80. The molecule has 20 heavy (non-hydrogen) atoms. The fourth-order valence-electron chi connectivity index (χ4n) is 1.82. The second kappa shape index (κ2) is 4.76. The Bertz CT molecular complexity index is 663. The Labute approximate surface area is 113 Å². The van der Waals surface area contributed by atoms with Gasteiger partial charge in [0.1, 0.15) is 5.75 Å². The van der Waals surface area contributed by atoms with Gasteiger partial charge in [-0.3, -0.25) is 0 Å². The minimum Gasteiger partial charge on any atom is -0.484 e. The van der Waals surface area contributed by atoms with Gasteiger partial charge in [0, 0.05) is 6.07 Å². The number of aryl methyl sites for hydroxylation is 1. The minimum absolute atomic E-state index is 0.0355. The normalized spacial score (nSPS) is 12.4. The molecule has 0 bridgehead atoms. The zero-order chi connectivity index (χ0) is 14.1. The molecule has 0 unspecified atom stereocenters. The third-order valence-electron chi connectivity index (χ3n) is 2.74. The molecule has 2 aromatic rings. The van der Waals surface area contributed by atoms with Crippen LogP contribution in [0.15, 0.2) is 22.6 Å². The number of carboxylic acids is 1. The maximum Gasteiger partial charge on any atom is 0.373 e. The molecule has 0 fully saturated rings. The number of oxazole rings is 1. The number of nitrogens with zero attached hydrogens (tertiary/aromatic N) is 1. The number of benzene rings is 1. The van der Waals surface area contributed by atoms with Crippen LogP contribution in [0.5, 0.6) is 17.2 Å². The Morgan fingerprint density at radius 2 is 2.20 bits per heavy atom. The Kier molecular flexibility index (Phi) is 2.94. The highest BCUT2D eigenvalue weighted by Gasteiger charge is 2.17. The van der Waals surface area contributed by atoms with Gasteiger partial charge in [-0.2, -0.15) is 0 Å². The Balaban J connectivity index is 1.70. The van der Waals surface area contributed by atoms with Crippen molar-refractivity contribution < 1.29 is 28.5 Å². The Morgan fingerprint density at radius 3 is 2.95 bits per heavy atom. The molecular formula is C13H11NO6. The fraction of sp³-hybridized carbons (Fsp3) is 0.231. The van der Waals surface area contributed by atoms with Gasteiger partial charge < -0.3 is 23.7 Å². The van der Waals surface area contributed by atoms with Crippen LogP contribution in [0.1, 0.15) is 22.1 Å². The first kappa shape index (κ1) is 12.3. The number of rotatable bonds is 4. The quantitative estimate of drug-likeness (QED) is 0.913. The van der Waals surface area contributed by atoms with Gasteiger partial charge in [0.15, 0.2) is 18.1 Å². The van der Waals surface area contributed by atoms with E-state index in [0.29, 0.717) is 22.9 Å². The monoisotopic (exact) mass is 277 g/mol. The molecule has 1 aromatic carbocycles. The van der Waals surface area contributed by atoms with Crippen LogP contribution in [0.25, 0.3) is 0 Å². The van der Waals surface area contributed by atoms with Crippen LogP contribution in [0.2, 0.25) is 0 Å². The van der Waals surface area contributed by atoms with Crippen molar-refractivity contribution in [2.45, 2.75) is 13.5 Å². The molecule has 0 radical (unpaired) electrons. The molecule has 7 heteroatoms. The van der Waals surface area contributed by atoms with E-state index in [-0.39, 0.29) is 25.1 Å². The summed E-state index contributed by atoms with van der Waals surface area (Å²) in [7, 11) is 0. The summed E-state index contributed by atoms with van der Waals surface area (Å²) >= 11 is 0. The molecule has 3 rings (SSSR count). The number of hydrogen-bond acceptors (Lipinski definition) is 6. The lowest BCUT2D eigenvalue weighted by atomic mass is 10.3. The van der Waals surface area contributed by atoms with Crippen LogP contribution in [0.3, 0.4) is 0 Å². The summed E-state index contributed by atoms with van der Waals surface area (Å²) in [6, 6.07) is 5.15.